The summed E-state index contributed by atoms with van der Waals surface area (Å²) in [6.45, 7) is 0. The van der Waals surface area contributed by atoms with Gasteiger partial charge in [0.1, 0.15) is 22.5 Å². The zero-order valence-corrected chi connectivity index (χ0v) is 15.9. The van der Waals surface area contributed by atoms with Gasteiger partial charge in [0.25, 0.3) is 5.91 Å². The molecule has 1 aliphatic heterocycles. The molecule has 1 aromatic heterocycles. The fraction of sp³-hybridized carbons (Fsp3) is 0.450. The molecule has 0 unspecified atom stereocenters. The molecular weight excluding hydrogens is 364 g/mol. The summed E-state index contributed by atoms with van der Waals surface area (Å²) in [7, 11) is 1.60. The Bertz CT molecular complexity index is 865. The van der Waals surface area contributed by atoms with Crippen LogP contribution in [0.2, 0.25) is 0 Å². The maximum Gasteiger partial charge on any atom is 0.326 e. The summed E-state index contributed by atoms with van der Waals surface area (Å²) in [6.07, 6.45) is 4.59. The van der Waals surface area contributed by atoms with Gasteiger partial charge in [-0.15, -0.1) is 11.3 Å². The SMILES string of the molecule is COc1ccccc1-c1nc(C(=O)N2[C@H](C(=O)O)C[C@@H]3CCCC[C@@H]32)cs1. The van der Waals surface area contributed by atoms with E-state index >= 15 is 0 Å². The number of nitrogens with zero attached hydrogens (tertiary/aromatic N) is 2. The molecule has 1 amide bonds. The van der Waals surface area contributed by atoms with E-state index < -0.39 is 12.0 Å². The first-order valence-corrected chi connectivity index (χ1v) is 10.1. The summed E-state index contributed by atoms with van der Waals surface area (Å²) >= 11 is 1.37. The number of carbonyl (C=O) groups excluding carboxylic acids is 1. The highest BCUT2D eigenvalue weighted by Crippen LogP contribution is 2.41. The molecule has 2 aliphatic rings. The molecule has 0 radical (unpaired) electrons. The molecule has 1 aromatic carbocycles. The maximum atomic E-state index is 13.2. The zero-order chi connectivity index (χ0) is 19.0. The van der Waals surface area contributed by atoms with Crippen molar-refractivity contribution in [3.05, 3.63) is 35.3 Å². The van der Waals surface area contributed by atoms with Crippen LogP contribution in [0.25, 0.3) is 10.6 Å². The third-order valence-corrected chi connectivity index (χ3v) is 6.54. The van der Waals surface area contributed by atoms with Crippen molar-refractivity contribution in [1.82, 2.24) is 9.88 Å². The molecule has 1 N–H and O–H groups in total. The lowest BCUT2D eigenvalue weighted by Crippen LogP contribution is -2.46. The fourth-order valence-corrected chi connectivity index (χ4v) is 5.25. The van der Waals surface area contributed by atoms with Crippen molar-refractivity contribution >= 4 is 23.2 Å². The summed E-state index contributed by atoms with van der Waals surface area (Å²) in [6, 6.07) is 6.80. The van der Waals surface area contributed by atoms with E-state index in [9.17, 15) is 14.7 Å². The molecule has 6 nitrogen and oxygen atoms in total. The van der Waals surface area contributed by atoms with Crippen LogP contribution in [0, 0.1) is 5.92 Å². The van der Waals surface area contributed by atoms with Gasteiger partial charge >= 0.3 is 5.97 Å². The highest BCUT2D eigenvalue weighted by atomic mass is 32.1. The second-order valence-corrected chi connectivity index (χ2v) is 8.01. The first-order chi connectivity index (χ1) is 13.1. The van der Waals surface area contributed by atoms with Gasteiger partial charge in [-0.2, -0.15) is 0 Å². The second kappa shape index (κ2) is 7.31. The van der Waals surface area contributed by atoms with Crippen molar-refractivity contribution < 1.29 is 19.4 Å². The number of fused-ring (bicyclic) bond motifs is 1. The van der Waals surface area contributed by atoms with E-state index in [1.54, 1.807) is 17.4 Å². The average Bonchev–Trinajstić information content (AvgIpc) is 3.32. The molecular formula is C20H22N2O4S. The van der Waals surface area contributed by atoms with Crippen LogP contribution in [-0.2, 0) is 4.79 Å². The Kier molecular flexibility index (Phi) is 4.86. The van der Waals surface area contributed by atoms with Gasteiger partial charge in [0.05, 0.1) is 12.7 Å². The van der Waals surface area contributed by atoms with E-state index in [-0.39, 0.29) is 17.9 Å². The minimum atomic E-state index is -0.919. The van der Waals surface area contributed by atoms with Gasteiger partial charge in [0.2, 0.25) is 0 Å². The number of rotatable bonds is 4. The summed E-state index contributed by atoms with van der Waals surface area (Å²) < 4.78 is 5.38. The molecule has 2 heterocycles. The van der Waals surface area contributed by atoms with Gasteiger partial charge in [-0.1, -0.05) is 25.0 Å². The summed E-state index contributed by atoms with van der Waals surface area (Å²) in [5, 5.41) is 12.1. The number of ether oxygens (including phenoxy) is 1. The first kappa shape index (κ1) is 18.0. The summed E-state index contributed by atoms with van der Waals surface area (Å²) in [5.74, 6) is -0.203. The first-order valence-electron chi connectivity index (χ1n) is 9.24. The Hall–Kier alpha value is -2.41. The number of hydrogen-bond donors (Lipinski definition) is 1. The van der Waals surface area contributed by atoms with Gasteiger partial charge < -0.3 is 14.7 Å². The van der Waals surface area contributed by atoms with Crippen LogP contribution >= 0.6 is 11.3 Å². The van der Waals surface area contributed by atoms with Crippen molar-refractivity contribution in [2.24, 2.45) is 5.92 Å². The molecule has 0 bridgehead atoms. The molecule has 1 saturated carbocycles. The number of para-hydroxylation sites is 1. The predicted molar refractivity (Wildman–Crippen MR) is 102 cm³/mol. The third kappa shape index (κ3) is 3.20. The van der Waals surface area contributed by atoms with Crippen molar-refractivity contribution in [3.8, 4) is 16.3 Å². The number of carboxylic acid groups (broad SMARTS) is 1. The number of likely N-dealkylation sites (tertiary alicyclic amines) is 1. The van der Waals surface area contributed by atoms with Crippen LogP contribution in [0.4, 0.5) is 0 Å². The van der Waals surface area contributed by atoms with Crippen molar-refractivity contribution in [2.75, 3.05) is 7.11 Å². The summed E-state index contributed by atoms with van der Waals surface area (Å²) in [5.41, 5.74) is 1.15. The molecule has 0 spiro atoms. The van der Waals surface area contributed by atoms with E-state index in [0.29, 0.717) is 22.9 Å². The number of methoxy groups -OCH3 is 1. The number of carbonyl (C=O) groups is 2. The number of aromatic nitrogens is 1. The maximum absolute atomic E-state index is 13.2. The molecule has 142 valence electrons. The monoisotopic (exact) mass is 386 g/mol. The molecule has 3 atom stereocenters. The molecule has 7 heteroatoms. The fourth-order valence-electron chi connectivity index (χ4n) is 4.42. The molecule has 2 fully saturated rings. The third-order valence-electron chi connectivity index (χ3n) is 5.67. The molecule has 1 saturated heterocycles. The van der Waals surface area contributed by atoms with Crippen molar-refractivity contribution in [1.29, 1.82) is 0 Å². The normalized spacial score (nSPS) is 24.5. The molecule has 27 heavy (non-hydrogen) atoms. The van der Waals surface area contributed by atoms with Crippen LogP contribution < -0.4 is 4.74 Å². The van der Waals surface area contributed by atoms with Gasteiger partial charge in [-0.05, 0) is 37.3 Å². The number of hydrogen-bond acceptors (Lipinski definition) is 5. The second-order valence-electron chi connectivity index (χ2n) is 7.15. The van der Waals surface area contributed by atoms with Crippen LogP contribution in [0.15, 0.2) is 29.6 Å². The Balaban J connectivity index is 1.64. The Labute approximate surface area is 161 Å². The lowest BCUT2D eigenvalue weighted by atomic mass is 9.84. The van der Waals surface area contributed by atoms with E-state index in [1.165, 1.54) is 11.3 Å². The quantitative estimate of drug-likeness (QED) is 0.867. The Morgan fingerprint density at radius 1 is 1.26 bits per heavy atom. The number of benzene rings is 1. The minimum absolute atomic E-state index is 0.0174. The highest BCUT2D eigenvalue weighted by molar-refractivity contribution is 7.13. The van der Waals surface area contributed by atoms with Gasteiger partial charge in [-0.25, -0.2) is 9.78 Å². The lowest BCUT2D eigenvalue weighted by molar-refractivity contribution is -0.141. The smallest absolute Gasteiger partial charge is 0.326 e. The van der Waals surface area contributed by atoms with E-state index in [1.807, 2.05) is 24.3 Å². The number of carboxylic acids is 1. The number of amides is 1. The lowest BCUT2D eigenvalue weighted by Gasteiger charge is -2.32. The molecule has 4 rings (SSSR count). The highest BCUT2D eigenvalue weighted by Gasteiger charge is 2.48. The topological polar surface area (TPSA) is 79.7 Å². The van der Waals surface area contributed by atoms with Crippen LogP contribution in [0.1, 0.15) is 42.6 Å². The van der Waals surface area contributed by atoms with Crippen molar-refractivity contribution in [2.45, 2.75) is 44.2 Å². The number of thiazole rings is 1. The van der Waals surface area contributed by atoms with Crippen LogP contribution in [0.3, 0.4) is 0 Å². The summed E-state index contributed by atoms with van der Waals surface area (Å²) in [4.78, 5) is 31.1. The Morgan fingerprint density at radius 3 is 2.81 bits per heavy atom. The van der Waals surface area contributed by atoms with E-state index in [4.69, 9.17) is 4.74 Å². The van der Waals surface area contributed by atoms with Crippen LogP contribution in [-0.4, -0.2) is 46.1 Å². The van der Waals surface area contributed by atoms with Gasteiger partial charge in [0.15, 0.2) is 0 Å². The standard InChI is InChI=1S/C20H22N2O4S/c1-26-17-9-5-3-7-13(17)18-21-14(11-27-18)19(23)22-15-8-4-2-6-12(15)10-16(22)20(24)25/h3,5,7,9,11-12,15-16H,2,4,6,8,10H2,1H3,(H,24,25)/t12-,15-,16-/m0/s1. The van der Waals surface area contributed by atoms with Crippen molar-refractivity contribution in [3.63, 3.8) is 0 Å². The predicted octanol–water partition coefficient (Wildman–Crippen LogP) is 3.68. The van der Waals surface area contributed by atoms with Gasteiger partial charge in [-0.3, -0.25) is 4.79 Å². The van der Waals surface area contributed by atoms with Gasteiger partial charge in [0, 0.05) is 11.4 Å². The Morgan fingerprint density at radius 2 is 2.04 bits per heavy atom. The van der Waals surface area contributed by atoms with Crippen LogP contribution in [0.5, 0.6) is 5.75 Å². The molecule has 1 aliphatic carbocycles. The van der Waals surface area contributed by atoms with E-state index in [2.05, 4.69) is 4.98 Å². The zero-order valence-electron chi connectivity index (χ0n) is 15.1. The molecule has 2 aromatic rings. The van der Waals surface area contributed by atoms with E-state index in [0.717, 1.165) is 31.2 Å². The number of aliphatic carboxylic acids is 1. The minimum Gasteiger partial charge on any atom is -0.496 e. The largest absolute Gasteiger partial charge is 0.496 e. The average molecular weight is 386 g/mol.